The van der Waals surface area contributed by atoms with Gasteiger partial charge in [0.25, 0.3) is 5.95 Å². The fourth-order valence-electron chi connectivity index (χ4n) is 2.22. The van der Waals surface area contributed by atoms with Gasteiger partial charge in [-0.2, -0.15) is 5.10 Å². The van der Waals surface area contributed by atoms with E-state index in [1.165, 1.54) is 4.68 Å². The van der Waals surface area contributed by atoms with E-state index in [0.717, 1.165) is 23.1 Å². The lowest BCUT2D eigenvalue weighted by atomic mass is 10.2. The Morgan fingerprint density at radius 1 is 1.27 bits per heavy atom. The quantitative estimate of drug-likeness (QED) is 0.201. The number of nitrogens with zero attached hydrogens (tertiary/aromatic N) is 4. The van der Waals surface area contributed by atoms with E-state index in [4.69, 9.17) is 33.8 Å². The molecule has 2 aromatic carbocycles. The van der Waals surface area contributed by atoms with Gasteiger partial charge in [-0.15, -0.1) is 10.2 Å². The van der Waals surface area contributed by atoms with Gasteiger partial charge in [0.05, 0.1) is 34.8 Å². The summed E-state index contributed by atoms with van der Waals surface area (Å²) < 4.78 is 6.31. The number of methoxy groups -OCH3 is 1. The fraction of sp³-hybridized carbons (Fsp3) is 0.111. The molecule has 0 saturated carbocycles. The molecule has 9 nitrogen and oxygen atoms in total. The van der Waals surface area contributed by atoms with Crippen LogP contribution in [0.15, 0.2) is 52.7 Å². The number of amides is 1. The third-order valence-electron chi connectivity index (χ3n) is 3.72. The summed E-state index contributed by atoms with van der Waals surface area (Å²) in [5.41, 5.74) is 4.00. The van der Waals surface area contributed by atoms with Gasteiger partial charge in [0.2, 0.25) is 11.1 Å². The van der Waals surface area contributed by atoms with E-state index < -0.39 is 0 Å². The summed E-state index contributed by atoms with van der Waals surface area (Å²) in [5.74, 6) is 6.69. The molecule has 0 aliphatic carbocycles. The van der Waals surface area contributed by atoms with Crippen LogP contribution in [0.3, 0.4) is 0 Å². The molecule has 1 heterocycles. The molecule has 12 heteroatoms. The predicted octanol–water partition coefficient (Wildman–Crippen LogP) is 3.48. The SMILES string of the molecule is COc1ccc(/C=N/Nc2nnc(SCC(=O)Nc3cccc(Cl)c3Cl)n2N)cc1. The second-order valence-corrected chi connectivity index (χ2v) is 7.49. The molecule has 30 heavy (non-hydrogen) atoms. The third-order valence-corrected chi connectivity index (χ3v) is 5.48. The lowest BCUT2D eigenvalue weighted by Crippen LogP contribution is -2.17. The van der Waals surface area contributed by atoms with Gasteiger partial charge in [0.15, 0.2) is 0 Å². The monoisotopic (exact) mass is 465 g/mol. The van der Waals surface area contributed by atoms with Gasteiger partial charge in [0.1, 0.15) is 5.75 Å². The summed E-state index contributed by atoms with van der Waals surface area (Å²) in [6.07, 6.45) is 1.60. The van der Waals surface area contributed by atoms with Gasteiger partial charge in [-0.05, 0) is 42.0 Å². The lowest BCUT2D eigenvalue weighted by Gasteiger charge is -2.07. The standard InChI is InChI=1S/C18H17Cl2N7O2S/c1-29-12-7-5-11(6-8-12)9-22-24-17-25-26-18(27(17)21)30-10-15(28)23-14-4-2-3-13(19)16(14)20/h2-9H,10,21H2,1H3,(H,23,28)(H,24,25)/b22-9+. The van der Waals surface area contributed by atoms with Gasteiger partial charge in [-0.3, -0.25) is 4.79 Å². The number of nitrogen functional groups attached to an aromatic ring is 1. The second-order valence-electron chi connectivity index (χ2n) is 5.76. The molecule has 1 amide bonds. The number of nitrogens with two attached hydrogens (primary N) is 1. The van der Waals surface area contributed by atoms with Crippen molar-refractivity contribution in [3.05, 3.63) is 58.1 Å². The number of nitrogens with one attached hydrogen (secondary N) is 2. The number of thioether (sulfide) groups is 1. The van der Waals surface area contributed by atoms with Gasteiger partial charge < -0.3 is 15.9 Å². The number of ether oxygens (including phenoxy) is 1. The zero-order chi connectivity index (χ0) is 21.5. The van der Waals surface area contributed by atoms with Gasteiger partial charge in [-0.1, -0.05) is 41.0 Å². The Labute approximate surface area is 186 Å². The molecule has 156 valence electrons. The fourth-order valence-corrected chi connectivity index (χ4v) is 3.23. The number of benzene rings is 2. The molecule has 0 aliphatic heterocycles. The molecule has 4 N–H and O–H groups in total. The highest BCUT2D eigenvalue weighted by Gasteiger charge is 2.13. The maximum atomic E-state index is 12.2. The Hall–Kier alpha value is -2.95. The average Bonchev–Trinajstić information content (AvgIpc) is 3.10. The summed E-state index contributed by atoms with van der Waals surface area (Å²) in [6.45, 7) is 0. The van der Waals surface area contributed by atoms with E-state index in [2.05, 4.69) is 26.0 Å². The van der Waals surface area contributed by atoms with E-state index in [-0.39, 0.29) is 22.6 Å². The molecule has 0 fully saturated rings. The van der Waals surface area contributed by atoms with E-state index in [1.54, 1.807) is 31.5 Å². The number of anilines is 2. The van der Waals surface area contributed by atoms with Crippen LogP contribution in [0.2, 0.25) is 10.0 Å². The Bertz CT molecular complexity index is 1060. The number of halogens is 2. The second kappa shape index (κ2) is 10.2. The van der Waals surface area contributed by atoms with Crippen molar-refractivity contribution in [2.24, 2.45) is 5.10 Å². The summed E-state index contributed by atoms with van der Waals surface area (Å²) in [7, 11) is 1.60. The van der Waals surface area contributed by atoms with Crippen molar-refractivity contribution in [3.8, 4) is 5.75 Å². The number of hydrogen-bond acceptors (Lipinski definition) is 8. The minimum Gasteiger partial charge on any atom is -0.497 e. The topological polar surface area (TPSA) is 119 Å². The first-order valence-corrected chi connectivity index (χ1v) is 10.2. The van der Waals surface area contributed by atoms with E-state index in [9.17, 15) is 4.79 Å². The smallest absolute Gasteiger partial charge is 0.264 e. The summed E-state index contributed by atoms with van der Waals surface area (Å²) in [4.78, 5) is 12.2. The maximum Gasteiger partial charge on any atom is 0.264 e. The van der Waals surface area contributed by atoms with Crippen LogP contribution < -0.4 is 21.3 Å². The summed E-state index contributed by atoms with van der Waals surface area (Å²) in [6, 6.07) is 12.3. The normalized spacial score (nSPS) is 10.9. The highest BCUT2D eigenvalue weighted by Crippen LogP contribution is 2.29. The molecule has 0 radical (unpaired) electrons. The van der Waals surface area contributed by atoms with Gasteiger partial charge >= 0.3 is 0 Å². The molecule has 3 rings (SSSR count). The molecule has 0 aliphatic rings. The molecule has 0 saturated heterocycles. The number of aromatic nitrogens is 3. The van der Waals surface area contributed by atoms with Crippen LogP contribution in [0.5, 0.6) is 5.75 Å². The average molecular weight is 466 g/mol. The zero-order valence-corrected chi connectivity index (χ0v) is 18.0. The number of hydrogen-bond donors (Lipinski definition) is 3. The number of carbonyl (C=O) groups is 1. The van der Waals surface area contributed by atoms with Crippen LogP contribution in [0, 0.1) is 0 Å². The van der Waals surface area contributed by atoms with Crippen LogP contribution in [0.25, 0.3) is 0 Å². The molecule has 0 unspecified atom stereocenters. The van der Waals surface area contributed by atoms with Crippen molar-refractivity contribution in [1.82, 2.24) is 14.9 Å². The van der Waals surface area contributed by atoms with E-state index >= 15 is 0 Å². The van der Waals surface area contributed by atoms with Crippen LogP contribution in [-0.2, 0) is 4.79 Å². The summed E-state index contributed by atoms with van der Waals surface area (Å²) in [5, 5.41) is 15.6. The van der Waals surface area contributed by atoms with Crippen molar-refractivity contribution < 1.29 is 9.53 Å². The first-order valence-electron chi connectivity index (χ1n) is 8.48. The van der Waals surface area contributed by atoms with Crippen molar-refractivity contribution in [3.63, 3.8) is 0 Å². The summed E-state index contributed by atoms with van der Waals surface area (Å²) >= 11 is 13.1. The predicted molar refractivity (Wildman–Crippen MR) is 120 cm³/mol. The Kier molecular flexibility index (Phi) is 7.39. The van der Waals surface area contributed by atoms with E-state index in [1.807, 2.05) is 24.3 Å². The minimum atomic E-state index is -0.292. The first kappa shape index (κ1) is 21.8. The van der Waals surface area contributed by atoms with Crippen molar-refractivity contribution in [2.75, 3.05) is 29.4 Å². The molecular weight excluding hydrogens is 449 g/mol. The van der Waals surface area contributed by atoms with Crippen LogP contribution in [0.1, 0.15) is 5.56 Å². The van der Waals surface area contributed by atoms with Crippen molar-refractivity contribution in [2.45, 2.75) is 5.16 Å². The number of hydrazone groups is 1. The Morgan fingerprint density at radius 3 is 2.77 bits per heavy atom. The van der Waals surface area contributed by atoms with Crippen LogP contribution >= 0.6 is 35.0 Å². The molecule has 0 spiro atoms. The maximum absolute atomic E-state index is 12.2. The highest BCUT2D eigenvalue weighted by molar-refractivity contribution is 7.99. The molecular formula is C18H17Cl2N7O2S. The molecule has 1 aromatic heterocycles. The first-order chi connectivity index (χ1) is 14.5. The number of carbonyl (C=O) groups excluding carboxylic acids is 1. The molecule has 0 atom stereocenters. The third kappa shape index (κ3) is 5.56. The Balaban J connectivity index is 1.53. The molecule has 0 bridgehead atoms. The van der Waals surface area contributed by atoms with Crippen LogP contribution in [-0.4, -0.2) is 39.9 Å². The van der Waals surface area contributed by atoms with Gasteiger partial charge in [-0.25, -0.2) is 10.1 Å². The van der Waals surface area contributed by atoms with Crippen molar-refractivity contribution >= 4 is 58.7 Å². The lowest BCUT2D eigenvalue weighted by molar-refractivity contribution is -0.113. The van der Waals surface area contributed by atoms with Gasteiger partial charge in [0, 0.05) is 0 Å². The zero-order valence-electron chi connectivity index (χ0n) is 15.7. The van der Waals surface area contributed by atoms with Crippen LogP contribution in [0.4, 0.5) is 11.6 Å². The number of rotatable bonds is 8. The van der Waals surface area contributed by atoms with E-state index in [0.29, 0.717) is 15.9 Å². The van der Waals surface area contributed by atoms with Crippen molar-refractivity contribution in [1.29, 1.82) is 0 Å². The highest BCUT2D eigenvalue weighted by atomic mass is 35.5. The minimum absolute atomic E-state index is 0.0489. The largest absolute Gasteiger partial charge is 0.497 e. The molecule has 3 aromatic rings. The Morgan fingerprint density at radius 2 is 2.03 bits per heavy atom.